The molecule has 0 aromatic heterocycles. The Hall–Kier alpha value is -1.26. The van der Waals surface area contributed by atoms with Crippen LogP contribution in [0.1, 0.15) is 32.6 Å². The SMILES string of the molecule is CC(=O)CC1CCCCN1C(=O)Nc1cc(Cl)cc(Cl)c1. The lowest BCUT2D eigenvalue weighted by Gasteiger charge is -2.35. The summed E-state index contributed by atoms with van der Waals surface area (Å²) in [5.74, 6) is 0.102. The van der Waals surface area contributed by atoms with Gasteiger partial charge in [0.1, 0.15) is 5.78 Å². The minimum atomic E-state index is -0.209. The second kappa shape index (κ2) is 7.14. The summed E-state index contributed by atoms with van der Waals surface area (Å²) in [5.41, 5.74) is 0.560. The predicted octanol–water partition coefficient (Wildman–Crippen LogP) is 4.36. The van der Waals surface area contributed by atoms with Crippen LogP contribution in [0.2, 0.25) is 10.0 Å². The minimum Gasteiger partial charge on any atom is -0.321 e. The number of hydrogen-bond acceptors (Lipinski definition) is 2. The molecule has 2 rings (SSSR count). The molecule has 1 atom stereocenters. The van der Waals surface area contributed by atoms with E-state index in [1.54, 1.807) is 30.0 Å². The van der Waals surface area contributed by atoms with Crippen LogP contribution in [0.3, 0.4) is 0 Å². The average Bonchev–Trinajstić information content (AvgIpc) is 2.37. The molecule has 1 aromatic carbocycles. The zero-order valence-electron chi connectivity index (χ0n) is 11.9. The van der Waals surface area contributed by atoms with E-state index >= 15 is 0 Å². The molecule has 0 bridgehead atoms. The molecule has 1 heterocycles. The molecule has 21 heavy (non-hydrogen) atoms. The van der Waals surface area contributed by atoms with E-state index in [4.69, 9.17) is 23.2 Å². The third-order valence-electron chi connectivity index (χ3n) is 3.52. The van der Waals surface area contributed by atoms with Gasteiger partial charge in [-0.2, -0.15) is 0 Å². The van der Waals surface area contributed by atoms with Crippen molar-refractivity contribution in [3.63, 3.8) is 0 Å². The summed E-state index contributed by atoms with van der Waals surface area (Å²) in [6.45, 7) is 2.22. The van der Waals surface area contributed by atoms with Crippen LogP contribution in [0.4, 0.5) is 10.5 Å². The molecule has 4 nitrogen and oxygen atoms in total. The first-order valence-electron chi connectivity index (χ1n) is 6.99. The number of piperidine rings is 1. The lowest BCUT2D eigenvalue weighted by Crippen LogP contribution is -2.46. The van der Waals surface area contributed by atoms with Gasteiger partial charge in [0.2, 0.25) is 0 Å². The summed E-state index contributed by atoms with van der Waals surface area (Å²) >= 11 is 11.8. The molecule has 0 spiro atoms. The van der Waals surface area contributed by atoms with Gasteiger partial charge < -0.3 is 10.2 Å². The Balaban J connectivity index is 2.08. The maximum absolute atomic E-state index is 12.4. The molecular weight excluding hydrogens is 311 g/mol. The van der Waals surface area contributed by atoms with Crippen molar-refractivity contribution in [1.29, 1.82) is 0 Å². The van der Waals surface area contributed by atoms with E-state index in [-0.39, 0.29) is 17.9 Å². The normalized spacial score (nSPS) is 18.4. The van der Waals surface area contributed by atoms with E-state index in [0.29, 0.717) is 28.7 Å². The molecule has 1 saturated heterocycles. The van der Waals surface area contributed by atoms with Crippen molar-refractivity contribution < 1.29 is 9.59 Å². The molecular formula is C15H18Cl2N2O2. The first-order chi connectivity index (χ1) is 9.95. The zero-order valence-corrected chi connectivity index (χ0v) is 13.4. The van der Waals surface area contributed by atoms with Crippen LogP contribution in [-0.2, 0) is 4.79 Å². The fourth-order valence-corrected chi connectivity index (χ4v) is 3.16. The second-order valence-electron chi connectivity index (χ2n) is 5.34. The highest BCUT2D eigenvalue weighted by Crippen LogP contribution is 2.25. The van der Waals surface area contributed by atoms with Crippen molar-refractivity contribution >= 4 is 40.7 Å². The molecule has 6 heteroatoms. The highest BCUT2D eigenvalue weighted by atomic mass is 35.5. The van der Waals surface area contributed by atoms with Crippen LogP contribution >= 0.6 is 23.2 Å². The molecule has 0 aliphatic carbocycles. The Morgan fingerprint density at radius 1 is 1.24 bits per heavy atom. The number of ketones is 1. The topological polar surface area (TPSA) is 49.4 Å². The Morgan fingerprint density at radius 2 is 1.90 bits per heavy atom. The summed E-state index contributed by atoms with van der Waals surface area (Å²) in [7, 11) is 0. The number of halogens is 2. The quantitative estimate of drug-likeness (QED) is 0.896. The molecule has 1 aromatic rings. The van der Waals surface area contributed by atoms with Gasteiger partial charge in [-0.15, -0.1) is 0 Å². The summed E-state index contributed by atoms with van der Waals surface area (Å²) in [5, 5.41) is 3.74. The van der Waals surface area contributed by atoms with Crippen LogP contribution in [0.5, 0.6) is 0 Å². The number of likely N-dealkylation sites (tertiary alicyclic amines) is 1. The number of rotatable bonds is 3. The fraction of sp³-hybridized carbons (Fsp3) is 0.467. The maximum Gasteiger partial charge on any atom is 0.322 e. The number of urea groups is 1. The van der Waals surface area contributed by atoms with Crippen molar-refractivity contribution in [2.45, 2.75) is 38.6 Å². The molecule has 1 N–H and O–H groups in total. The third kappa shape index (κ3) is 4.61. The summed E-state index contributed by atoms with van der Waals surface area (Å²) < 4.78 is 0. The van der Waals surface area contributed by atoms with E-state index in [0.717, 1.165) is 19.3 Å². The molecule has 0 radical (unpaired) electrons. The fourth-order valence-electron chi connectivity index (χ4n) is 2.63. The van der Waals surface area contributed by atoms with Crippen LogP contribution in [-0.4, -0.2) is 29.3 Å². The number of nitrogens with one attached hydrogen (secondary N) is 1. The first kappa shape index (κ1) is 16.1. The Morgan fingerprint density at radius 3 is 2.52 bits per heavy atom. The van der Waals surface area contributed by atoms with Gasteiger partial charge in [0.25, 0.3) is 0 Å². The van der Waals surface area contributed by atoms with Crippen LogP contribution < -0.4 is 5.32 Å². The minimum absolute atomic E-state index is 0.0223. The largest absolute Gasteiger partial charge is 0.322 e. The van der Waals surface area contributed by atoms with Gasteiger partial charge in [-0.25, -0.2) is 4.79 Å². The molecule has 1 unspecified atom stereocenters. The number of benzene rings is 1. The van der Waals surface area contributed by atoms with E-state index in [1.807, 2.05) is 0 Å². The average molecular weight is 329 g/mol. The van der Waals surface area contributed by atoms with Gasteiger partial charge in [-0.1, -0.05) is 23.2 Å². The summed E-state index contributed by atoms with van der Waals surface area (Å²) in [6.07, 6.45) is 3.27. The van der Waals surface area contributed by atoms with Gasteiger partial charge in [-0.3, -0.25) is 4.79 Å². The van der Waals surface area contributed by atoms with Crippen molar-refractivity contribution in [2.75, 3.05) is 11.9 Å². The van der Waals surface area contributed by atoms with E-state index < -0.39 is 0 Å². The van der Waals surface area contributed by atoms with Crippen LogP contribution in [0.15, 0.2) is 18.2 Å². The smallest absolute Gasteiger partial charge is 0.321 e. The third-order valence-corrected chi connectivity index (χ3v) is 3.96. The van der Waals surface area contributed by atoms with Crippen LogP contribution in [0, 0.1) is 0 Å². The van der Waals surface area contributed by atoms with Gasteiger partial charge in [0.05, 0.1) is 0 Å². The molecule has 1 aliphatic rings. The van der Waals surface area contributed by atoms with Crippen LogP contribution in [0.25, 0.3) is 0 Å². The number of carbonyl (C=O) groups excluding carboxylic acids is 2. The molecule has 2 amide bonds. The van der Waals surface area contributed by atoms with Crippen molar-refractivity contribution in [1.82, 2.24) is 4.90 Å². The molecule has 1 aliphatic heterocycles. The number of anilines is 1. The first-order valence-corrected chi connectivity index (χ1v) is 7.74. The molecule has 1 fully saturated rings. The standard InChI is InChI=1S/C15H18Cl2N2O2/c1-10(20)6-14-4-2-3-5-19(14)15(21)18-13-8-11(16)7-12(17)9-13/h7-9,14H,2-6H2,1H3,(H,18,21). The van der Waals surface area contributed by atoms with Gasteiger partial charge in [-0.05, 0) is 44.4 Å². The number of nitrogens with zero attached hydrogens (tertiary/aromatic N) is 1. The number of carbonyl (C=O) groups is 2. The van der Waals surface area contributed by atoms with E-state index in [2.05, 4.69) is 5.32 Å². The monoisotopic (exact) mass is 328 g/mol. The highest BCUT2D eigenvalue weighted by Gasteiger charge is 2.27. The van der Waals surface area contributed by atoms with Gasteiger partial charge in [0, 0.05) is 34.7 Å². The Kier molecular flexibility index (Phi) is 5.48. The number of hydrogen-bond donors (Lipinski definition) is 1. The lowest BCUT2D eigenvalue weighted by atomic mass is 9.98. The van der Waals surface area contributed by atoms with E-state index in [9.17, 15) is 9.59 Å². The number of amides is 2. The summed E-state index contributed by atoms with van der Waals surface area (Å²) in [6, 6.07) is 4.67. The second-order valence-corrected chi connectivity index (χ2v) is 6.21. The Bertz CT molecular complexity index is 528. The molecule has 0 saturated carbocycles. The predicted molar refractivity (Wildman–Crippen MR) is 85.1 cm³/mol. The van der Waals surface area contributed by atoms with E-state index in [1.165, 1.54) is 0 Å². The Labute approximate surface area is 134 Å². The maximum atomic E-state index is 12.4. The zero-order chi connectivity index (χ0) is 15.4. The van der Waals surface area contributed by atoms with Gasteiger partial charge >= 0.3 is 6.03 Å². The van der Waals surface area contributed by atoms with Gasteiger partial charge in [0.15, 0.2) is 0 Å². The highest BCUT2D eigenvalue weighted by molar-refractivity contribution is 6.35. The summed E-state index contributed by atoms with van der Waals surface area (Å²) in [4.78, 5) is 25.5. The number of Topliss-reactive ketones (excluding diaryl/α,β-unsaturated/α-hetero) is 1. The van der Waals surface area contributed by atoms with Crippen molar-refractivity contribution in [2.24, 2.45) is 0 Å². The van der Waals surface area contributed by atoms with Crippen molar-refractivity contribution in [3.05, 3.63) is 28.2 Å². The molecule has 114 valence electrons. The van der Waals surface area contributed by atoms with Crippen molar-refractivity contribution in [3.8, 4) is 0 Å². The lowest BCUT2D eigenvalue weighted by molar-refractivity contribution is -0.118.